The molecule has 0 saturated carbocycles. The van der Waals surface area contributed by atoms with Crippen LogP contribution >= 0.6 is 23.1 Å². The van der Waals surface area contributed by atoms with Gasteiger partial charge >= 0.3 is 0 Å². The molecule has 0 fully saturated rings. The highest BCUT2D eigenvalue weighted by atomic mass is 32.2. The molecule has 4 heteroatoms. The number of rotatable bonds is 4. The maximum absolute atomic E-state index is 12.2. The molecule has 0 aliphatic heterocycles. The van der Waals surface area contributed by atoms with Crippen molar-refractivity contribution >= 4 is 34.7 Å². The summed E-state index contributed by atoms with van der Waals surface area (Å²) in [6, 6.07) is 19.8. The van der Waals surface area contributed by atoms with Crippen LogP contribution in [0.1, 0.15) is 10.4 Å². The lowest BCUT2D eigenvalue weighted by Gasteiger charge is -2.10. The number of amides is 1. The first-order chi connectivity index (χ1) is 10.3. The summed E-state index contributed by atoms with van der Waals surface area (Å²) >= 11 is 3.16. The molecular weight excluding hydrogens is 298 g/mol. The van der Waals surface area contributed by atoms with Gasteiger partial charge in [0.2, 0.25) is 0 Å². The highest BCUT2D eigenvalue weighted by Gasteiger charge is 2.09. The van der Waals surface area contributed by atoms with Gasteiger partial charge in [-0.05, 0) is 35.7 Å². The van der Waals surface area contributed by atoms with E-state index < -0.39 is 0 Å². The van der Waals surface area contributed by atoms with Crippen LogP contribution < -0.4 is 5.32 Å². The number of nitrogens with one attached hydrogen (secondary N) is 1. The number of carbonyl (C=O) groups is 1. The van der Waals surface area contributed by atoms with Crippen LogP contribution in [-0.4, -0.2) is 5.91 Å². The Balaban J connectivity index is 1.81. The van der Waals surface area contributed by atoms with E-state index in [2.05, 4.69) is 17.4 Å². The highest BCUT2D eigenvalue weighted by Crippen LogP contribution is 2.33. The zero-order valence-corrected chi connectivity index (χ0v) is 12.8. The van der Waals surface area contributed by atoms with E-state index in [4.69, 9.17) is 0 Å². The standard InChI is InChI=1S/C17H13NOS2/c19-17(13-10-11-20-12-13)18-15-8-4-5-9-16(15)21-14-6-2-1-3-7-14/h1-12H,(H,18,19). The summed E-state index contributed by atoms with van der Waals surface area (Å²) in [7, 11) is 0. The molecule has 2 nitrogen and oxygen atoms in total. The number of para-hydroxylation sites is 1. The number of benzene rings is 2. The van der Waals surface area contributed by atoms with Gasteiger partial charge in [-0.2, -0.15) is 11.3 Å². The molecule has 0 radical (unpaired) electrons. The van der Waals surface area contributed by atoms with Crippen molar-refractivity contribution in [2.45, 2.75) is 9.79 Å². The Morgan fingerprint density at radius 2 is 1.71 bits per heavy atom. The van der Waals surface area contributed by atoms with Gasteiger partial charge in [-0.25, -0.2) is 0 Å². The van der Waals surface area contributed by atoms with Crippen LogP contribution in [0, 0.1) is 0 Å². The van der Waals surface area contributed by atoms with Crippen molar-refractivity contribution < 1.29 is 4.79 Å². The molecule has 2 aromatic carbocycles. The SMILES string of the molecule is O=C(Nc1ccccc1Sc1ccccc1)c1ccsc1. The van der Waals surface area contributed by atoms with Gasteiger partial charge in [0.1, 0.15) is 0 Å². The van der Waals surface area contributed by atoms with Crippen LogP contribution in [0.5, 0.6) is 0 Å². The lowest BCUT2D eigenvalue weighted by molar-refractivity contribution is 0.102. The fourth-order valence-electron chi connectivity index (χ4n) is 1.86. The van der Waals surface area contributed by atoms with Crippen LogP contribution in [0.2, 0.25) is 0 Å². The van der Waals surface area contributed by atoms with E-state index in [9.17, 15) is 4.79 Å². The molecule has 1 N–H and O–H groups in total. The van der Waals surface area contributed by atoms with Crippen LogP contribution in [0.15, 0.2) is 81.2 Å². The Morgan fingerprint density at radius 1 is 0.952 bits per heavy atom. The third kappa shape index (κ3) is 3.54. The molecule has 0 aliphatic carbocycles. The summed E-state index contributed by atoms with van der Waals surface area (Å²) in [6.07, 6.45) is 0. The van der Waals surface area contributed by atoms with Crippen molar-refractivity contribution in [1.29, 1.82) is 0 Å². The lowest BCUT2D eigenvalue weighted by Crippen LogP contribution is -2.11. The first kappa shape index (κ1) is 13.9. The summed E-state index contributed by atoms with van der Waals surface area (Å²) in [5.41, 5.74) is 1.53. The first-order valence-corrected chi connectivity index (χ1v) is 8.24. The normalized spacial score (nSPS) is 10.3. The molecule has 1 amide bonds. The molecule has 0 atom stereocenters. The minimum atomic E-state index is -0.0719. The molecule has 0 unspecified atom stereocenters. The van der Waals surface area contributed by atoms with Gasteiger partial charge in [0.25, 0.3) is 5.91 Å². The summed E-state index contributed by atoms with van der Waals surface area (Å²) in [4.78, 5) is 14.3. The number of thiophene rings is 1. The maximum atomic E-state index is 12.2. The molecule has 0 saturated heterocycles. The van der Waals surface area contributed by atoms with E-state index in [1.807, 2.05) is 59.3 Å². The van der Waals surface area contributed by atoms with Crippen LogP contribution in [0.4, 0.5) is 5.69 Å². The predicted molar refractivity (Wildman–Crippen MR) is 89.3 cm³/mol. The van der Waals surface area contributed by atoms with Crippen LogP contribution in [-0.2, 0) is 0 Å². The lowest BCUT2D eigenvalue weighted by atomic mass is 10.3. The Hall–Kier alpha value is -2.04. The second kappa shape index (κ2) is 6.61. The maximum Gasteiger partial charge on any atom is 0.256 e. The van der Waals surface area contributed by atoms with Gasteiger partial charge in [0.15, 0.2) is 0 Å². The Kier molecular flexibility index (Phi) is 4.38. The molecule has 0 aliphatic rings. The molecule has 0 bridgehead atoms. The third-order valence-electron chi connectivity index (χ3n) is 2.89. The van der Waals surface area contributed by atoms with E-state index in [1.54, 1.807) is 11.8 Å². The van der Waals surface area contributed by atoms with Crippen LogP contribution in [0.3, 0.4) is 0 Å². The van der Waals surface area contributed by atoms with Gasteiger partial charge < -0.3 is 5.32 Å². The zero-order chi connectivity index (χ0) is 14.5. The zero-order valence-electron chi connectivity index (χ0n) is 11.2. The molecule has 3 rings (SSSR count). The van der Waals surface area contributed by atoms with Gasteiger partial charge in [0, 0.05) is 15.2 Å². The number of carbonyl (C=O) groups excluding carboxylic acids is 1. The molecule has 0 spiro atoms. The van der Waals surface area contributed by atoms with Gasteiger partial charge in [-0.15, -0.1) is 0 Å². The first-order valence-electron chi connectivity index (χ1n) is 6.48. The largest absolute Gasteiger partial charge is 0.321 e. The van der Waals surface area contributed by atoms with Crippen molar-refractivity contribution in [3.63, 3.8) is 0 Å². The van der Waals surface area contributed by atoms with Gasteiger partial charge in [-0.1, -0.05) is 42.1 Å². The van der Waals surface area contributed by atoms with E-state index in [0.29, 0.717) is 5.56 Å². The van der Waals surface area contributed by atoms with Crippen LogP contribution in [0.25, 0.3) is 0 Å². The highest BCUT2D eigenvalue weighted by molar-refractivity contribution is 7.99. The summed E-state index contributed by atoms with van der Waals surface area (Å²) in [5.74, 6) is -0.0719. The number of anilines is 1. The molecular formula is C17H13NOS2. The van der Waals surface area contributed by atoms with E-state index in [-0.39, 0.29) is 5.91 Å². The predicted octanol–water partition coefficient (Wildman–Crippen LogP) is 5.15. The average molecular weight is 311 g/mol. The number of hydrogen-bond acceptors (Lipinski definition) is 3. The van der Waals surface area contributed by atoms with Crippen molar-refractivity contribution in [3.8, 4) is 0 Å². The Bertz CT molecular complexity index is 724. The minimum absolute atomic E-state index is 0.0719. The molecule has 21 heavy (non-hydrogen) atoms. The fourth-order valence-corrected chi connectivity index (χ4v) is 3.42. The summed E-state index contributed by atoms with van der Waals surface area (Å²) in [5, 5.41) is 6.73. The second-order valence-electron chi connectivity index (χ2n) is 4.38. The van der Waals surface area contributed by atoms with E-state index in [0.717, 1.165) is 15.5 Å². The quantitative estimate of drug-likeness (QED) is 0.722. The van der Waals surface area contributed by atoms with Crippen molar-refractivity contribution in [2.75, 3.05) is 5.32 Å². The summed E-state index contributed by atoms with van der Waals surface area (Å²) < 4.78 is 0. The Labute approximate surface area is 131 Å². The second-order valence-corrected chi connectivity index (χ2v) is 6.27. The molecule has 1 heterocycles. The van der Waals surface area contributed by atoms with Crippen molar-refractivity contribution in [2.24, 2.45) is 0 Å². The smallest absolute Gasteiger partial charge is 0.256 e. The molecule has 104 valence electrons. The van der Waals surface area contributed by atoms with Crippen molar-refractivity contribution in [3.05, 3.63) is 77.0 Å². The van der Waals surface area contributed by atoms with Gasteiger partial charge in [0.05, 0.1) is 11.3 Å². The van der Waals surface area contributed by atoms with E-state index >= 15 is 0 Å². The molecule has 1 aromatic heterocycles. The monoisotopic (exact) mass is 311 g/mol. The average Bonchev–Trinajstić information content (AvgIpc) is 3.05. The van der Waals surface area contributed by atoms with Crippen molar-refractivity contribution in [1.82, 2.24) is 0 Å². The topological polar surface area (TPSA) is 29.1 Å². The van der Waals surface area contributed by atoms with Gasteiger partial charge in [-0.3, -0.25) is 4.79 Å². The minimum Gasteiger partial charge on any atom is -0.321 e. The fraction of sp³-hybridized carbons (Fsp3) is 0. The molecule has 3 aromatic rings. The third-order valence-corrected chi connectivity index (χ3v) is 4.66. The summed E-state index contributed by atoms with van der Waals surface area (Å²) in [6.45, 7) is 0. The van der Waals surface area contributed by atoms with E-state index in [1.165, 1.54) is 11.3 Å². The Morgan fingerprint density at radius 3 is 2.48 bits per heavy atom. The number of hydrogen-bond donors (Lipinski definition) is 1.